The van der Waals surface area contributed by atoms with Gasteiger partial charge in [-0.15, -0.1) is 0 Å². The van der Waals surface area contributed by atoms with Gasteiger partial charge >= 0.3 is 0 Å². The van der Waals surface area contributed by atoms with Crippen LogP contribution in [0, 0.1) is 0 Å². The molecule has 72 valence electrons. The zero-order chi connectivity index (χ0) is 9.80. The number of hydrogen-bond donors (Lipinski definition) is 0. The lowest BCUT2D eigenvalue weighted by Gasteiger charge is -2.04. The number of hydrogen-bond acceptors (Lipinski definition) is 1. The van der Waals surface area contributed by atoms with Crippen molar-refractivity contribution in [3.05, 3.63) is 48.5 Å². The molecule has 0 saturated heterocycles. The van der Waals surface area contributed by atoms with Crippen LogP contribution in [0.4, 0.5) is 0 Å². The summed E-state index contributed by atoms with van der Waals surface area (Å²) >= 11 is 0. The Morgan fingerprint density at radius 2 is 2.29 bits per heavy atom. The predicted octanol–water partition coefficient (Wildman–Crippen LogP) is 2.82. The molecule has 1 aromatic carbocycles. The van der Waals surface area contributed by atoms with Crippen molar-refractivity contribution in [2.24, 2.45) is 0 Å². The van der Waals surface area contributed by atoms with Crippen LogP contribution in [0.3, 0.4) is 0 Å². The van der Waals surface area contributed by atoms with E-state index in [2.05, 4.69) is 36.2 Å². The summed E-state index contributed by atoms with van der Waals surface area (Å²) in [5.41, 5.74) is 2.58. The molecule has 0 spiro atoms. The lowest BCUT2D eigenvalue weighted by molar-refractivity contribution is 0.917. The standard InChI is InChI=1S/C12H14N2/c1-2-4-11-5-3-6-12(9-11)14-8-7-13-10-14/h3,5-10H,2,4H2,1H3. The van der Waals surface area contributed by atoms with Crippen molar-refractivity contribution >= 4 is 0 Å². The van der Waals surface area contributed by atoms with Crippen LogP contribution >= 0.6 is 0 Å². The normalized spacial score (nSPS) is 10.4. The first-order chi connectivity index (χ1) is 6.90. The summed E-state index contributed by atoms with van der Waals surface area (Å²) in [5.74, 6) is 0. The third kappa shape index (κ3) is 1.84. The van der Waals surface area contributed by atoms with Crippen molar-refractivity contribution in [1.29, 1.82) is 0 Å². The molecule has 0 N–H and O–H groups in total. The van der Waals surface area contributed by atoms with Gasteiger partial charge < -0.3 is 4.57 Å². The molecule has 0 fully saturated rings. The third-order valence-electron chi connectivity index (χ3n) is 2.25. The monoisotopic (exact) mass is 186 g/mol. The van der Waals surface area contributed by atoms with Crippen molar-refractivity contribution in [2.75, 3.05) is 0 Å². The second-order valence-corrected chi connectivity index (χ2v) is 3.39. The minimum atomic E-state index is 1.14. The molecule has 0 aliphatic heterocycles. The molecule has 0 bridgehead atoms. The van der Waals surface area contributed by atoms with Gasteiger partial charge in [-0.2, -0.15) is 0 Å². The maximum Gasteiger partial charge on any atom is 0.0991 e. The zero-order valence-corrected chi connectivity index (χ0v) is 8.35. The summed E-state index contributed by atoms with van der Waals surface area (Å²) in [5, 5.41) is 0. The molecule has 1 heterocycles. The van der Waals surface area contributed by atoms with Crippen molar-refractivity contribution in [1.82, 2.24) is 9.55 Å². The lowest BCUT2D eigenvalue weighted by atomic mass is 10.1. The summed E-state index contributed by atoms with van der Waals surface area (Å²) in [6, 6.07) is 8.58. The van der Waals surface area contributed by atoms with E-state index in [0.29, 0.717) is 0 Å². The van der Waals surface area contributed by atoms with Crippen LogP contribution in [-0.4, -0.2) is 9.55 Å². The van der Waals surface area contributed by atoms with Gasteiger partial charge in [0, 0.05) is 18.1 Å². The summed E-state index contributed by atoms with van der Waals surface area (Å²) in [6.45, 7) is 2.20. The summed E-state index contributed by atoms with van der Waals surface area (Å²) in [6.07, 6.45) is 7.92. The molecule has 0 atom stereocenters. The Morgan fingerprint density at radius 3 is 3.00 bits per heavy atom. The van der Waals surface area contributed by atoms with Crippen molar-refractivity contribution in [3.63, 3.8) is 0 Å². The van der Waals surface area contributed by atoms with E-state index >= 15 is 0 Å². The highest BCUT2D eigenvalue weighted by Gasteiger charge is 1.96. The van der Waals surface area contributed by atoms with Gasteiger partial charge in [-0.05, 0) is 24.1 Å². The molecule has 14 heavy (non-hydrogen) atoms. The first kappa shape index (κ1) is 9.00. The molecule has 2 aromatic rings. The van der Waals surface area contributed by atoms with E-state index < -0.39 is 0 Å². The summed E-state index contributed by atoms with van der Waals surface area (Å²) in [7, 11) is 0. The molecule has 0 amide bonds. The average Bonchev–Trinajstić information content (AvgIpc) is 2.71. The molecule has 2 rings (SSSR count). The van der Waals surface area contributed by atoms with Gasteiger partial charge in [0.15, 0.2) is 0 Å². The van der Waals surface area contributed by atoms with Crippen molar-refractivity contribution in [3.8, 4) is 5.69 Å². The van der Waals surface area contributed by atoms with E-state index in [9.17, 15) is 0 Å². The second kappa shape index (κ2) is 4.09. The molecule has 0 aliphatic rings. The maximum absolute atomic E-state index is 4.04. The summed E-state index contributed by atoms with van der Waals surface area (Å²) < 4.78 is 2.03. The fraction of sp³-hybridized carbons (Fsp3) is 0.250. The molecular formula is C12H14N2. The minimum Gasteiger partial charge on any atom is -0.306 e. The number of aromatic nitrogens is 2. The third-order valence-corrected chi connectivity index (χ3v) is 2.25. The van der Waals surface area contributed by atoms with Gasteiger partial charge in [-0.25, -0.2) is 4.98 Å². The van der Waals surface area contributed by atoms with Gasteiger partial charge in [0.1, 0.15) is 0 Å². The van der Waals surface area contributed by atoms with E-state index in [1.165, 1.54) is 17.7 Å². The van der Waals surface area contributed by atoms with Gasteiger partial charge in [0.05, 0.1) is 6.33 Å². The van der Waals surface area contributed by atoms with Gasteiger partial charge in [-0.3, -0.25) is 0 Å². The largest absolute Gasteiger partial charge is 0.306 e. The van der Waals surface area contributed by atoms with E-state index in [1.807, 2.05) is 17.1 Å². The fourth-order valence-corrected chi connectivity index (χ4v) is 1.57. The predicted molar refractivity (Wildman–Crippen MR) is 57.6 cm³/mol. The second-order valence-electron chi connectivity index (χ2n) is 3.39. The Hall–Kier alpha value is -1.57. The Kier molecular flexibility index (Phi) is 2.63. The highest BCUT2D eigenvalue weighted by Crippen LogP contribution is 2.11. The first-order valence-electron chi connectivity index (χ1n) is 4.97. The SMILES string of the molecule is CCCc1cccc(-n2ccnc2)c1. The van der Waals surface area contributed by atoms with Gasteiger partial charge in [0.2, 0.25) is 0 Å². The van der Waals surface area contributed by atoms with Crippen LogP contribution in [0.15, 0.2) is 43.0 Å². The molecule has 2 nitrogen and oxygen atoms in total. The van der Waals surface area contributed by atoms with Crippen molar-refractivity contribution in [2.45, 2.75) is 19.8 Å². The van der Waals surface area contributed by atoms with E-state index in [-0.39, 0.29) is 0 Å². The highest BCUT2D eigenvalue weighted by molar-refractivity contribution is 5.35. The number of nitrogens with zero attached hydrogens (tertiary/aromatic N) is 2. The fourth-order valence-electron chi connectivity index (χ4n) is 1.57. The van der Waals surface area contributed by atoms with E-state index in [4.69, 9.17) is 0 Å². The van der Waals surface area contributed by atoms with Crippen LogP contribution in [0.1, 0.15) is 18.9 Å². The number of aryl methyl sites for hydroxylation is 1. The van der Waals surface area contributed by atoms with Gasteiger partial charge in [0.25, 0.3) is 0 Å². The molecule has 0 radical (unpaired) electrons. The first-order valence-corrected chi connectivity index (χ1v) is 4.97. The molecule has 0 unspecified atom stereocenters. The Bertz CT molecular complexity index is 390. The van der Waals surface area contributed by atoms with Crippen molar-refractivity contribution < 1.29 is 0 Å². The number of imidazole rings is 1. The minimum absolute atomic E-state index is 1.14. The Morgan fingerprint density at radius 1 is 1.36 bits per heavy atom. The number of rotatable bonds is 3. The lowest BCUT2D eigenvalue weighted by Crippen LogP contribution is -1.91. The quantitative estimate of drug-likeness (QED) is 0.720. The molecule has 0 saturated carbocycles. The topological polar surface area (TPSA) is 17.8 Å². The van der Waals surface area contributed by atoms with E-state index in [1.54, 1.807) is 6.20 Å². The van der Waals surface area contributed by atoms with Crippen LogP contribution in [0.5, 0.6) is 0 Å². The van der Waals surface area contributed by atoms with Crippen LogP contribution in [0.2, 0.25) is 0 Å². The van der Waals surface area contributed by atoms with E-state index in [0.717, 1.165) is 6.42 Å². The Labute approximate surface area is 84.2 Å². The zero-order valence-electron chi connectivity index (χ0n) is 8.35. The van der Waals surface area contributed by atoms with Crippen LogP contribution < -0.4 is 0 Å². The smallest absolute Gasteiger partial charge is 0.0991 e. The van der Waals surface area contributed by atoms with Gasteiger partial charge in [-0.1, -0.05) is 25.5 Å². The highest BCUT2D eigenvalue weighted by atomic mass is 15.0. The summed E-state index contributed by atoms with van der Waals surface area (Å²) in [4.78, 5) is 4.04. The Balaban J connectivity index is 2.31. The molecular weight excluding hydrogens is 172 g/mol. The average molecular weight is 186 g/mol. The molecule has 0 aliphatic carbocycles. The number of benzene rings is 1. The van der Waals surface area contributed by atoms with Crippen LogP contribution in [0.25, 0.3) is 5.69 Å². The molecule has 1 aromatic heterocycles. The van der Waals surface area contributed by atoms with Crippen LogP contribution in [-0.2, 0) is 6.42 Å². The maximum atomic E-state index is 4.04. The molecule has 2 heteroatoms.